The number of hydrogen-bond donors (Lipinski definition) is 1. The smallest absolute Gasteiger partial charge is 0.274 e. The average Bonchev–Trinajstić information content (AvgIpc) is 2.93. The van der Waals surface area contributed by atoms with Gasteiger partial charge in [0.25, 0.3) is 5.91 Å². The number of aromatic nitrogens is 2. The van der Waals surface area contributed by atoms with Gasteiger partial charge in [0.15, 0.2) is 0 Å². The van der Waals surface area contributed by atoms with Gasteiger partial charge in [0, 0.05) is 35.4 Å². The molecule has 116 valence electrons. The SMILES string of the molecule is CCn1cc(C=NNC(=O)c2cccnc2Cl)c2ccccc21. The Bertz CT molecular complexity index is 885. The molecule has 3 rings (SSSR count). The molecule has 5 nitrogen and oxygen atoms in total. The molecule has 0 aliphatic carbocycles. The average molecular weight is 327 g/mol. The molecular weight excluding hydrogens is 312 g/mol. The summed E-state index contributed by atoms with van der Waals surface area (Å²) in [5, 5.41) is 5.28. The first kappa shape index (κ1) is 15.2. The number of halogens is 1. The Morgan fingerprint density at radius 2 is 2.17 bits per heavy atom. The summed E-state index contributed by atoms with van der Waals surface area (Å²) in [5.74, 6) is -0.390. The third-order valence-corrected chi connectivity index (χ3v) is 3.83. The minimum absolute atomic E-state index is 0.155. The summed E-state index contributed by atoms with van der Waals surface area (Å²) in [6.45, 7) is 2.95. The van der Waals surface area contributed by atoms with Gasteiger partial charge in [-0.15, -0.1) is 0 Å². The van der Waals surface area contributed by atoms with Gasteiger partial charge in [-0.1, -0.05) is 29.8 Å². The molecule has 23 heavy (non-hydrogen) atoms. The van der Waals surface area contributed by atoms with Crippen LogP contribution in [0.2, 0.25) is 5.15 Å². The lowest BCUT2D eigenvalue weighted by atomic mass is 10.2. The molecule has 0 fully saturated rings. The molecule has 0 unspecified atom stereocenters. The van der Waals surface area contributed by atoms with Crippen molar-refractivity contribution in [3.8, 4) is 0 Å². The van der Waals surface area contributed by atoms with Gasteiger partial charge in [0.1, 0.15) is 5.15 Å². The van der Waals surface area contributed by atoms with E-state index in [1.165, 1.54) is 6.20 Å². The van der Waals surface area contributed by atoms with Gasteiger partial charge < -0.3 is 4.57 Å². The third kappa shape index (κ3) is 3.10. The highest BCUT2D eigenvalue weighted by Gasteiger charge is 2.09. The maximum Gasteiger partial charge on any atom is 0.274 e. The Morgan fingerprint density at radius 1 is 1.35 bits per heavy atom. The van der Waals surface area contributed by atoms with Crippen LogP contribution < -0.4 is 5.43 Å². The molecule has 1 N–H and O–H groups in total. The molecule has 3 aromatic rings. The van der Waals surface area contributed by atoms with Gasteiger partial charge in [-0.2, -0.15) is 5.10 Å². The van der Waals surface area contributed by atoms with Gasteiger partial charge in [-0.25, -0.2) is 10.4 Å². The standard InChI is InChI=1S/C17H15ClN4O/c1-2-22-11-12(13-6-3-4-8-15(13)22)10-20-21-17(23)14-7-5-9-19-16(14)18/h3-11H,2H2,1H3,(H,21,23). The van der Waals surface area contributed by atoms with E-state index in [1.807, 2.05) is 24.4 Å². The van der Waals surface area contributed by atoms with Gasteiger partial charge in [-0.3, -0.25) is 4.79 Å². The molecule has 0 saturated carbocycles. The number of hydrogen-bond acceptors (Lipinski definition) is 3. The van der Waals surface area contributed by atoms with Crippen molar-refractivity contribution in [2.24, 2.45) is 5.10 Å². The molecule has 0 atom stereocenters. The Hall–Kier alpha value is -2.66. The number of amides is 1. The lowest BCUT2D eigenvalue weighted by Crippen LogP contribution is -2.18. The fraction of sp³-hybridized carbons (Fsp3) is 0.118. The van der Waals surface area contributed by atoms with Gasteiger partial charge in [0.05, 0.1) is 11.8 Å². The van der Waals surface area contributed by atoms with Crippen molar-refractivity contribution in [2.75, 3.05) is 0 Å². The van der Waals surface area contributed by atoms with Crippen LogP contribution in [0.15, 0.2) is 53.9 Å². The predicted molar refractivity (Wildman–Crippen MR) is 91.9 cm³/mol. The monoisotopic (exact) mass is 326 g/mol. The fourth-order valence-electron chi connectivity index (χ4n) is 2.42. The Kier molecular flexibility index (Phi) is 4.39. The van der Waals surface area contributed by atoms with Crippen molar-refractivity contribution in [1.82, 2.24) is 15.0 Å². The van der Waals surface area contributed by atoms with E-state index >= 15 is 0 Å². The highest BCUT2D eigenvalue weighted by molar-refractivity contribution is 6.32. The number of carbonyl (C=O) groups excluding carboxylic acids is 1. The molecular formula is C17H15ClN4O. The first-order valence-corrected chi connectivity index (χ1v) is 7.60. The number of nitrogens with one attached hydrogen (secondary N) is 1. The van der Waals surface area contributed by atoms with Gasteiger partial charge >= 0.3 is 0 Å². The highest BCUT2D eigenvalue weighted by atomic mass is 35.5. The van der Waals surface area contributed by atoms with E-state index in [0.29, 0.717) is 5.56 Å². The molecule has 1 amide bonds. The van der Waals surface area contributed by atoms with Crippen molar-refractivity contribution in [3.05, 3.63) is 65.1 Å². The van der Waals surface area contributed by atoms with E-state index in [9.17, 15) is 4.79 Å². The summed E-state index contributed by atoms with van der Waals surface area (Å²) in [5.41, 5.74) is 4.85. The molecule has 0 saturated heterocycles. The minimum Gasteiger partial charge on any atom is -0.347 e. The molecule has 0 aliphatic heterocycles. The normalized spacial score (nSPS) is 11.2. The van der Waals surface area contributed by atoms with Crippen LogP contribution in [-0.2, 0) is 6.54 Å². The third-order valence-electron chi connectivity index (χ3n) is 3.53. The zero-order chi connectivity index (χ0) is 16.2. The molecule has 6 heteroatoms. The number of benzene rings is 1. The van der Waals surface area contributed by atoms with Crippen LogP contribution in [0.5, 0.6) is 0 Å². The molecule has 2 aromatic heterocycles. The molecule has 0 spiro atoms. The minimum atomic E-state index is -0.390. The van der Waals surface area contributed by atoms with Crippen LogP contribution in [0.4, 0.5) is 0 Å². The molecule has 0 radical (unpaired) electrons. The molecule has 2 heterocycles. The quantitative estimate of drug-likeness (QED) is 0.453. The number of pyridine rings is 1. The molecule has 0 aliphatic rings. The molecule has 1 aromatic carbocycles. The lowest BCUT2D eigenvalue weighted by molar-refractivity contribution is 0.0955. The van der Waals surface area contributed by atoms with E-state index in [1.54, 1.807) is 18.3 Å². The van der Waals surface area contributed by atoms with Crippen molar-refractivity contribution in [1.29, 1.82) is 0 Å². The zero-order valence-corrected chi connectivity index (χ0v) is 13.3. The van der Waals surface area contributed by atoms with E-state index in [2.05, 4.69) is 33.1 Å². The number of nitrogens with zero attached hydrogens (tertiary/aromatic N) is 3. The van der Waals surface area contributed by atoms with Crippen molar-refractivity contribution >= 4 is 34.6 Å². The summed E-state index contributed by atoms with van der Waals surface area (Å²) in [4.78, 5) is 15.9. The van der Waals surface area contributed by atoms with E-state index in [4.69, 9.17) is 11.6 Å². The van der Waals surface area contributed by atoms with Crippen LogP contribution >= 0.6 is 11.6 Å². The number of fused-ring (bicyclic) bond motifs is 1. The first-order chi connectivity index (χ1) is 11.2. The number of hydrazone groups is 1. The highest BCUT2D eigenvalue weighted by Crippen LogP contribution is 2.19. The maximum atomic E-state index is 12.0. The maximum absolute atomic E-state index is 12.0. The summed E-state index contributed by atoms with van der Waals surface area (Å²) in [6, 6.07) is 11.3. The topological polar surface area (TPSA) is 59.3 Å². The van der Waals surface area contributed by atoms with E-state index < -0.39 is 5.91 Å². The Balaban J connectivity index is 1.81. The summed E-state index contributed by atoms with van der Waals surface area (Å²) >= 11 is 5.89. The zero-order valence-electron chi connectivity index (χ0n) is 12.5. The second-order valence-corrected chi connectivity index (χ2v) is 5.29. The Morgan fingerprint density at radius 3 is 2.96 bits per heavy atom. The largest absolute Gasteiger partial charge is 0.347 e. The number of para-hydroxylation sites is 1. The second kappa shape index (κ2) is 6.62. The van der Waals surface area contributed by atoms with E-state index in [0.717, 1.165) is 23.0 Å². The first-order valence-electron chi connectivity index (χ1n) is 7.22. The van der Waals surface area contributed by atoms with Crippen molar-refractivity contribution in [3.63, 3.8) is 0 Å². The lowest BCUT2D eigenvalue weighted by Gasteiger charge is -2.00. The van der Waals surface area contributed by atoms with Crippen LogP contribution in [0.25, 0.3) is 10.9 Å². The van der Waals surface area contributed by atoms with Crippen LogP contribution in [0, 0.1) is 0 Å². The Labute approximate surface area is 138 Å². The van der Waals surface area contributed by atoms with Crippen LogP contribution in [0.1, 0.15) is 22.8 Å². The summed E-state index contributed by atoms with van der Waals surface area (Å²) in [6.07, 6.45) is 5.18. The fourth-order valence-corrected chi connectivity index (χ4v) is 2.62. The number of rotatable bonds is 4. The molecule has 0 bridgehead atoms. The van der Waals surface area contributed by atoms with Crippen molar-refractivity contribution < 1.29 is 4.79 Å². The van der Waals surface area contributed by atoms with Crippen LogP contribution in [-0.4, -0.2) is 21.7 Å². The van der Waals surface area contributed by atoms with Crippen LogP contribution in [0.3, 0.4) is 0 Å². The van der Waals surface area contributed by atoms with E-state index in [-0.39, 0.29) is 5.15 Å². The number of aryl methyl sites for hydroxylation is 1. The number of carbonyl (C=O) groups is 1. The summed E-state index contributed by atoms with van der Waals surface area (Å²) < 4.78 is 2.14. The predicted octanol–water partition coefficient (Wildman–Crippen LogP) is 3.47. The summed E-state index contributed by atoms with van der Waals surface area (Å²) in [7, 11) is 0. The van der Waals surface area contributed by atoms with Crippen molar-refractivity contribution in [2.45, 2.75) is 13.5 Å². The van der Waals surface area contributed by atoms with Gasteiger partial charge in [-0.05, 0) is 25.1 Å². The van der Waals surface area contributed by atoms with Gasteiger partial charge in [0.2, 0.25) is 0 Å². The second-order valence-electron chi connectivity index (χ2n) is 4.93.